The van der Waals surface area contributed by atoms with E-state index in [0.717, 1.165) is 6.42 Å². The second-order valence-electron chi connectivity index (χ2n) is 3.96. The van der Waals surface area contributed by atoms with E-state index in [9.17, 15) is 9.59 Å². The number of carbonyl (C=O) groups is 2. The lowest BCUT2D eigenvalue weighted by atomic mass is 10.0. The molecule has 0 saturated carbocycles. The van der Waals surface area contributed by atoms with Crippen molar-refractivity contribution in [2.45, 2.75) is 37.0 Å². The van der Waals surface area contributed by atoms with Gasteiger partial charge in [-0.15, -0.1) is 0 Å². The number of ether oxygens (including phenoxy) is 2. The van der Waals surface area contributed by atoms with E-state index in [4.69, 9.17) is 44.3 Å². The summed E-state index contributed by atoms with van der Waals surface area (Å²) in [5.41, 5.74) is 0. The van der Waals surface area contributed by atoms with Crippen molar-refractivity contribution < 1.29 is 19.1 Å². The molecule has 20 heavy (non-hydrogen) atoms. The Hall–Kier alpha value is -0.230. The number of nitrogens with one attached hydrogen (secondary N) is 1. The average molecular weight is 349 g/mol. The Labute approximate surface area is 134 Å². The number of rotatable bonds is 8. The highest BCUT2D eigenvalue weighted by Gasteiger charge is 2.47. The van der Waals surface area contributed by atoms with Crippen molar-refractivity contribution >= 4 is 46.7 Å². The molecule has 0 aliphatic heterocycles. The minimum Gasteiger partial charge on any atom is -0.465 e. The van der Waals surface area contributed by atoms with Crippen molar-refractivity contribution in [1.29, 1.82) is 0 Å². The van der Waals surface area contributed by atoms with Crippen LogP contribution in [0.1, 0.15) is 27.2 Å². The van der Waals surface area contributed by atoms with Crippen molar-refractivity contribution in [3.8, 4) is 0 Å². The summed E-state index contributed by atoms with van der Waals surface area (Å²) in [4.78, 5) is 23.9. The molecular formula is C12H20Cl3NO4. The van der Waals surface area contributed by atoms with Gasteiger partial charge in [0.2, 0.25) is 3.79 Å². The van der Waals surface area contributed by atoms with Gasteiger partial charge in [-0.2, -0.15) is 0 Å². The third kappa shape index (κ3) is 6.48. The maximum atomic E-state index is 12.0. The molecule has 0 amide bonds. The number of hydrogen-bond donors (Lipinski definition) is 1. The van der Waals surface area contributed by atoms with Crippen molar-refractivity contribution in [1.82, 2.24) is 5.32 Å². The van der Waals surface area contributed by atoms with E-state index < -0.39 is 27.7 Å². The molecule has 0 bridgehead atoms. The van der Waals surface area contributed by atoms with Gasteiger partial charge in [0.25, 0.3) is 0 Å². The SMILES string of the molecule is CCCNC(C(C(=O)OCC)C(=O)OCC)C(Cl)(Cl)Cl. The predicted octanol–water partition coefficient (Wildman–Crippen LogP) is 2.47. The molecular weight excluding hydrogens is 328 g/mol. The number of carbonyl (C=O) groups excluding carboxylic acids is 2. The molecule has 1 N–H and O–H groups in total. The third-order valence-corrected chi connectivity index (χ3v) is 3.09. The van der Waals surface area contributed by atoms with Gasteiger partial charge in [-0.1, -0.05) is 41.7 Å². The Morgan fingerprint density at radius 1 is 1.05 bits per heavy atom. The highest BCUT2D eigenvalue weighted by atomic mass is 35.6. The first-order valence-corrected chi connectivity index (χ1v) is 7.56. The van der Waals surface area contributed by atoms with Crippen LogP contribution in [0.4, 0.5) is 0 Å². The van der Waals surface area contributed by atoms with Crippen LogP contribution >= 0.6 is 34.8 Å². The van der Waals surface area contributed by atoms with E-state index in [2.05, 4.69) is 5.32 Å². The molecule has 0 radical (unpaired) electrons. The lowest BCUT2D eigenvalue weighted by molar-refractivity contribution is -0.163. The van der Waals surface area contributed by atoms with Gasteiger partial charge in [0.1, 0.15) is 0 Å². The highest BCUT2D eigenvalue weighted by molar-refractivity contribution is 6.68. The first-order valence-electron chi connectivity index (χ1n) is 6.42. The van der Waals surface area contributed by atoms with Gasteiger partial charge in [-0.25, -0.2) is 0 Å². The predicted molar refractivity (Wildman–Crippen MR) is 79.1 cm³/mol. The zero-order valence-corrected chi connectivity index (χ0v) is 14.0. The van der Waals surface area contributed by atoms with Crippen LogP contribution in [0.25, 0.3) is 0 Å². The molecule has 0 aliphatic rings. The zero-order chi connectivity index (χ0) is 15.8. The molecule has 0 aliphatic carbocycles. The molecule has 1 unspecified atom stereocenters. The first kappa shape index (κ1) is 19.8. The Kier molecular flexibility index (Phi) is 9.55. The Morgan fingerprint density at radius 2 is 1.50 bits per heavy atom. The molecule has 8 heteroatoms. The fourth-order valence-electron chi connectivity index (χ4n) is 1.55. The molecule has 0 rings (SSSR count). The number of hydrogen-bond acceptors (Lipinski definition) is 5. The molecule has 0 aromatic rings. The van der Waals surface area contributed by atoms with Gasteiger partial charge in [-0.05, 0) is 26.8 Å². The second kappa shape index (κ2) is 9.66. The van der Waals surface area contributed by atoms with E-state index >= 15 is 0 Å². The van der Waals surface area contributed by atoms with Gasteiger partial charge >= 0.3 is 11.9 Å². The summed E-state index contributed by atoms with van der Waals surface area (Å²) in [6, 6.07) is -1.02. The maximum absolute atomic E-state index is 12.0. The van der Waals surface area contributed by atoms with Crippen LogP contribution in [0.15, 0.2) is 0 Å². The second-order valence-corrected chi connectivity index (χ2v) is 6.32. The van der Waals surface area contributed by atoms with Crippen molar-refractivity contribution in [3.63, 3.8) is 0 Å². The average Bonchev–Trinajstić information content (AvgIpc) is 2.33. The number of alkyl halides is 3. The fraction of sp³-hybridized carbons (Fsp3) is 0.833. The normalized spacial score (nSPS) is 13.2. The molecule has 0 aromatic carbocycles. The molecule has 1 atom stereocenters. The van der Waals surface area contributed by atoms with Crippen LogP contribution < -0.4 is 5.32 Å². The van der Waals surface area contributed by atoms with Crippen LogP contribution in [0.5, 0.6) is 0 Å². The van der Waals surface area contributed by atoms with Crippen LogP contribution in [0.3, 0.4) is 0 Å². The minimum absolute atomic E-state index is 0.120. The monoisotopic (exact) mass is 347 g/mol. The molecule has 118 valence electrons. The lowest BCUT2D eigenvalue weighted by Gasteiger charge is -2.30. The van der Waals surface area contributed by atoms with Crippen LogP contribution in [-0.4, -0.2) is 41.5 Å². The topological polar surface area (TPSA) is 64.6 Å². The molecule has 0 spiro atoms. The van der Waals surface area contributed by atoms with Crippen molar-refractivity contribution in [2.24, 2.45) is 5.92 Å². The van der Waals surface area contributed by atoms with E-state index in [1.165, 1.54) is 0 Å². The third-order valence-electron chi connectivity index (χ3n) is 2.38. The molecule has 0 aromatic heterocycles. The van der Waals surface area contributed by atoms with Gasteiger partial charge in [0.05, 0.1) is 19.3 Å². The smallest absolute Gasteiger partial charge is 0.322 e. The highest BCUT2D eigenvalue weighted by Crippen LogP contribution is 2.35. The summed E-state index contributed by atoms with van der Waals surface area (Å²) in [6.45, 7) is 5.89. The van der Waals surface area contributed by atoms with E-state index in [0.29, 0.717) is 6.54 Å². The summed E-state index contributed by atoms with van der Waals surface area (Å²) >= 11 is 17.6. The van der Waals surface area contributed by atoms with Gasteiger partial charge in [0, 0.05) is 0 Å². The maximum Gasteiger partial charge on any atom is 0.322 e. The van der Waals surface area contributed by atoms with Crippen LogP contribution in [0.2, 0.25) is 0 Å². The lowest BCUT2D eigenvalue weighted by Crippen LogP contribution is -2.53. The zero-order valence-electron chi connectivity index (χ0n) is 11.8. The summed E-state index contributed by atoms with van der Waals surface area (Å²) in [7, 11) is 0. The first-order chi connectivity index (χ1) is 9.29. The Balaban J connectivity index is 5.28. The Morgan fingerprint density at radius 3 is 1.80 bits per heavy atom. The van der Waals surface area contributed by atoms with Crippen LogP contribution in [-0.2, 0) is 19.1 Å². The number of esters is 2. The molecule has 5 nitrogen and oxygen atoms in total. The summed E-state index contributed by atoms with van der Waals surface area (Å²) in [5.74, 6) is -2.87. The molecule has 0 heterocycles. The fourth-order valence-corrected chi connectivity index (χ4v) is 2.16. The van der Waals surface area contributed by atoms with Crippen molar-refractivity contribution in [3.05, 3.63) is 0 Å². The van der Waals surface area contributed by atoms with Gasteiger partial charge in [-0.3, -0.25) is 9.59 Å². The molecule has 0 fully saturated rings. The quantitative estimate of drug-likeness (QED) is 0.415. The van der Waals surface area contributed by atoms with Gasteiger partial charge < -0.3 is 14.8 Å². The van der Waals surface area contributed by atoms with Crippen LogP contribution in [0, 0.1) is 5.92 Å². The van der Waals surface area contributed by atoms with Crippen molar-refractivity contribution in [2.75, 3.05) is 19.8 Å². The standard InChI is InChI=1S/C12H20Cl3NO4/c1-4-7-16-9(12(13,14)15)8(10(17)19-5-2)11(18)20-6-3/h8-9,16H,4-7H2,1-3H3. The number of halogens is 3. The summed E-state index contributed by atoms with van der Waals surface area (Å²) in [6.07, 6.45) is 0.746. The minimum atomic E-state index is -1.85. The van der Waals surface area contributed by atoms with E-state index in [1.807, 2.05) is 6.92 Å². The summed E-state index contributed by atoms with van der Waals surface area (Å²) in [5, 5.41) is 2.89. The summed E-state index contributed by atoms with van der Waals surface area (Å²) < 4.78 is 7.90. The van der Waals surface area contributed by atoms with Gasteiger partial charge in [0.15, 0.2) is 5.92 Å². The van der Waals surface area contributed by atoms with E-state index in [1.54, 1.807) is 13.8 Å². The molecule has 0 saturated heterocycles. The largest absolute Gasteiger partial charge is 0.465 e. The van der Waals surface area contributed by atoms with E-state index in [-0.39, 0.29) is 13.2 Å². The Bertz CT molecular complexity index is 302.